The van der Waals surface area contributed by atoms with Gasteiger partial charge in [0.2, 0.25) is 0 Å². The van der Waals surface area contributed by atoms with E-state index < -0.39 is 14.0 Å². The summed E-state index contributed by atoms with van der Waals surface area (Å²) >= 11 is 0. The summed E-state index contributed by atoms with van der Waals surface area (Å²) in [5.74, 6) is 0.322. The van der Waals surface area contributed by atoms with Gasteiger partial charge in [-0.15, -0.1) is 0 Å². The smallest absolute Gasteiger partial charge is 0.357 e. The van der Waals surface area contributed by atoms with Gasteiger partial charge in [-0.2, -0.15) is 5.10 Å². The van der Waals surface area contributed by atoms with Gasteiger partial charge in [-0.25, -0.2) is 14.8 Å². The highest BCUT2D eigenvalue weighted by Gasteiger charge is 2.24. The molecule has 0 spiro atoms. The maximum Gasteiger partial charge on any atom is 0.357 e. The van der Waals surface area contributed by atoms with Gasteiger partial charge in [-0.3, -0.25) is 4.68 Å². The fourth-order valence-electron chi connectivity index (χ4n) is 3.86. The van der Waals surface area contributed by atoms with E-state index in [0.29, 0.717) is 30.2 Å². The summed E-state index contributed by atoms with van der Waals surface area (Å²) in [5.41, 5.74) is 3.31. The van der Waals surface area contributed by atoms with E-state index in [1.165, 1.54) is 6.33 Å². The fourth-order valence-corrected chi connectivity index (χ4v) is 4.62. The van der Waals surface area contributed by atoms with Gasteiger partial charge >= 0.3 is 5.97 Å². The lowest BCUT2D eigenvalue weighted by atomic mass is 10.1. The first-order valence-corrected chi connectivity index (χ1v) is 15.7. The molecule has 0 unspecified atom stereocenters. The zero-order valence-electron chi connectivity index (χ0n) is 21.5. The minimum absolute atomic E-state index is 0.260. The normalized spacial score (nSPS) is 11.7. The molecule has 4 aromatic rings. The van der Waals surface area contributed by atoms with Crippen molar-refractivity contribution in [2.75, 3.05) is 20.3 Å². The molecule has 190 valence electrons. The molecule has 0 aliphatic heterocycles. The molecule has 36 heavy (non-hydrogen) atoms. The summed E-state index contributed by atoms with van der Waals surface area (Å²) in [6.45, 7) is 10.6. The predicted octanol–water partition coefficient (Wildman–Crippen LogP) is 4.84. The molecule has 10 heteroatoms. The zero-order valence-corrected chi connectivity index (χ0v) is 22.5. The minimum atomic E-state index is -1.16. The Labute approximate surface area is 212 Å². The number of aromatic nitrogens is 5. The number of ether oxygens (including phenoxy) is 3. The van der Waals surface area contributed by atoms with Crippen LogP contribution in [0.2, 0.25) is 25.7 Å². The number of hydrogen-bond donors (Lipinski definition) is 0. The Morgan fingerprint density at radius 2 is 1.86 bits per heavy atom. The Hall–Kier alpha value is -3.50. The first-order valence-electron chi connectivity index (χ1n) is 12.0. The molecular formula is C26H33N5O4Si. The van der Waals surface area contributed by atoms with Crippen LogP contribution < -0.4 is 4.74 Å². The molecule has 0 radical (unpaired) electrons. The van der Waals surface area contributed by atoms with Crippen LogP contribution >= 0.6 is 0 Å². The van der Waals surface area contributed by atoms with Gasteiger partial charge in [-0.1, -0.05) is 31.8 Å². The third-order valence-electron chi connectivity index (χ3n) is 5.84. The summed E-state index contributed by atoms with van der Waals surface area (Å²) in [6, 6.07) is 10.7. The molecule has 0 atom stereocenters. The number of methoxy groups -OCH3 is 1. The van der Waals surface area contributed by atoms with Crippen molar-refractivity contribution in [2.45, 2.75) is 45.9 Å². The van der Waals surface area contributed by atoms with Gasteiger partial charge < -0.3 is 18.8 Å². The topological polar surface area (TPSA) is 93.3 Å². The summed E-state index contributed by atoms with van der Waals surface area (Å²) in [7, 11) is 0.468. The average molecular weight is 508 g/mol. The molecule has 0 saturated heterocycles. The minimum Gasteiger partial charge on any atom is -0.497 e. The van der Waals surface area contributed by atoms with Crippen LogP contribution in [-0.2, 0) is 22.7 Å². The molecule has 0 aliphatic carbocycles. The van der Waals surface area contributed by atoms with Crippen LogP contribution in [0.5, 0.6) is 5.75 Å². The molecule has 3 heterocycles. The van der Waals surface area contributed by atoms with E-state index in [4.69, 9.17) is 14.2 Å². The Bertz CT molecular complexity index is 1320. The number of fused-ring (bicyclic) bond motifs is 1. The van der Waals surface area contributed by atoms with Crippen LogP contribution in [-0.4, -0.2) is 58.7 Å². The van der Waals surface area contributed by atoms with Gasteiger partial charge in [0.1, 0.15) is 24.5 Å². The van der Waals surface area contributed by atoms with Crippen molar-refractivity contribution in [1.29, 1.82) is 0 Å². The first kappa shape index (κ1) is 25.6. The Balaban J connectivity index is 1.66. The van der Waals surface area contributed by atoms with Gasteiger partial charge in [0.25, 0.3) is 0 Å². The van der Waals surface area contributed by atoms with E-state index in [1.54, 1.807) is 24.9 Å². The average Bonchev–Trinajstić information content (AvgIpc) is 3.46. The summed E-state index contributed by atoms with van der Waals surface area (Å²) in [6.07, 6.45) is 5.11. The van der Waals surface area contributed by atoms with Crippen LogP contribution in [0.1, 0.15) is 23.0 Å². The summed E-state index contributed by atoms with van der Waals surface area (Å²) < 4.78 is 20.2. The van der Waals surface area contributed by atoms with Crippen molar-refractivity contribution in [3.8, 4) is 17.0 Å². The third-order valence-corrected chi connectivity index (χ3v) is 7.54. The SMILES string of the molecule is CCOC(=O)c1c(-c2ncnc3c2ccn3COCC[Si](C)(C)C)cnn1Cc1ccc(OC)cc1. The van der Waals surface area contributed by atoms with E-state index in [2.05, 4.69) is 34.7 Å². The van der Waals surface area contributed by atoms with Crippen molar-refractivity contribution < 1.29 is 19.0 Å². The zero-order chi connectivity index (χ0) is 25.7. The van der Waals surface area contributed by atoms with E-state index in [-0.39, 0.29) is 6.61 Å². The third kappa shape index (κ3) is 5.82. The second kappa shape index (κ2) is 11.0. The lowest BCUT2D eigenvalue weighted by Crippen LogP contribution is -2.22. The highest BCUT2D eigenvalue weighted by molar-refractivity contribution is 6.76. The molecule has 3 aromatic heterocycles. The second-order valence-corrected chi connectivity index (χ2v) is 15.3. The molecule has 0 saturated carbocycles. The molecule has 0 aliphatic rings. The largest absolute Gasteiger partial charge is 0.497 e. The van der Waals surface area contributed by atoms with E-state index in [1.807, 2.05) is 41.1 Å². The lowest BCUT2D eigenvalue weighted by molar-refractivity contribution is 0.0513. The number of nitrogens with zero attached hydrogens (tertiary/aromatic N) is 5. The van der Waals surface area contributed by atoms with Crippen molar-refractivity contribution >= 4 is 25.1 Å². The summed E-state index contributed by atoms with van der Waals surface area (Å²) in [4.78, 5) is 22.0. The molecule has 0 fully saturated rings. The van der Waals surface area contributed by atoms with E-state index in [0.717, 1.165) is 35.0 Å². The molecule has 9 nitrogen and oxygen atoms in total. The van der Waals surface area contributed by atoms with Crippen LogP contribution in [0.3, 0.4) is 0 Å². The van der Waals surface area contributed by atoms with Crippen LogP contribution in [0.15, 0.2) is 49.1 Å². The number of rotatable bonds is 11. The van der Waals surface area contributed by atoms with Gasteiger partial charge in [0.15, 0.2) is 5.69 Å². The van der Waals surface area contributed by atoms with Crippen molar-refractivity contribution in [3.63, 3.8) is 0 Å². The number of benzene rings is 1. The molecule has 0 bridgehead atoms. The maximum absolute atomic E-state index is 13.0. The van der Waals surface area contributed by atoms with Crippen LogP contribution in [0.4, 0.5) is 0 Å². The molecule has 1 aromatic carbocycles. The van der Waals surface area contributed by atoms with Crippen molar-refractivity contribution in [1.82, 2.24) is 24.3 Å². The first-order chi connectivity index (χ1) is 17.3. The van der Waals surface area contributed by atoms with Gasteiger partial charge in [0.05, 0.1) is 37.7 Å². The van der Waals surface area contributed by atoms with Crippen LogP contribution in [0, 0.1) is 0 Å². The highest BCUT2D eigenvalue weighted by atomic mass is 28.3. The van der Waals surface area contributed by atoms with Crippen LogP contribution in [0.25, 0.3) is 22.3 Å². The fraction of sp³-hybridized carbons (Fsp3) is 0.385. The Morgan fingerprint density at radius 3 is 2.56 bits per heavy atom. The number of hydrogen-bond acceptors (Lipinski definition) is 7. The predicted molar refractivity (Wildman–Crippen MR) is 141 cm³/mol. The van der Waals surface area contributed by atoms with Gasteiger partial charge in [-0.05, 0) is 36.7 Å². The van der Waals surface area contributed by atoms with Crippen molar-refractivity contribution in [2.24, 2.45) is 0 Å². The van der Waals surface area contributed by atoms with E-state index in [9.17, 15) is 4.79 Å². The number of esters is 1. The monoisotopic (exact) mass is 507 g/mol. The maximum atomic E-state index is 13.0. The second-order valence-electron chi connectivity index (χ2n) is 9.73. The quantitative estimate of drug-likeness (QED) is 0.163. The molecular weight excluding hydrogens is 474 g/mol. The van der Waals surface area contributed by atoms with Crippen molar-refractivity contribution in [3.05, 3.63) is 60.3 Å². The Morgan fingerprint density at radius 1 is 1.08 bits per heavy atom. The van der Waals surface area contributed by atoms with Gasteiger partial charge in [0, 0.05) is 26.3 Å². The molecule has 0 amide bonds. The summed E-state index contributed by atoms with van der Waals surface area (Å²) in [5, 5.41) is 5.35. The Kier molecular flexibility index (Phi) is 7.85. The number of carbonyl (C=O) groups excluding carboxylic acids is 1. The molecule has 0 N–H and O–H groups in total. The number of carbonyl (C=O) groups is 1. The molecule has 4 rings (SSSR count). The van der Waals surface area contributed by atoms with E-state index >= 15 is 0 Å². The lowest BCUT2D eigenvalue weighted by Gasteiger charge is -2.15. The highest BCUT2D eigenvalue weighted by Crippen LogP contribution is 2.30. The standard InChI is InChI=1S/C26H33N5O4Si/c1-6-35-26(32)24-22(15-29-31(24)16-19-7-9-20(33-2)10-8-19)23-21-11-12-30(25(21)28-17-27-23)18-34-13-14-36(3,4)5/h7-12,15,17H,6,13-14,16,18H2,1-5H3.